The summed E-state index contributed by atoms with van der Waals surface area (Å²) in [5.74, 6) is 1.99. The van der Waals surface area contributed by atoms with Crippen LogP contribution < -0.4 is 15.8 Å². The summed E-state index contributed by atoms with van der Waals surface area (Å²) in [7, 11) is 0. The molecular formula is C24H27N3O2. The van der Waals surface area contributed by atoms with Gasteiger partial charge in [-0.3, -0.25) is 4.79 Å². The highest BCUT2D eigenvalue weighted by Gasteiger charge is 2.12. The molecule has 0 bridgehead atoms. The van der Waals surface area contributed by atoms with Crippen LogP contribution in [0, 0.1) is 6.92 Å². The molecule has 0 spiro atoms. The molecule has 1 amide bonds. The van der Waals surface area contributed by atoms with Crippen LogP contribution in [0.15, 0.2) is 60.7 Å². The maximum absolute atomic E-state index is 12.4. The van der Waals surface area contributed by atoms with Crippen molar-refractivity contribution in [2.45, 2.75) is 39.5 Å². The van der Waals surface area contributed by atoms with E-state index >= 15 is 0 Å². The van der Waals surface area contributed by atoms with Gasteiger partial charge in [0.15, 0.2) is 0 Å². The smallest absolute Gasteiger partial charge is 0.259 e. The van der Waals surface area contributed by atoms with E-state index in [0.29, 0.717) is 22.9 Å². The number of hydrogen-bond donors (Lipinski definition) is 2. The van der Waals surface area contributed by atoms with Gasteiger partial charge in [0.2, 0.25) is 0 Å². The number of nitrogens with two attached hydrogens (primary N) is 1. The van der Waals surface area contributed by atoms with Crippen LogP contribution in [0.1, 0.15) is 54.2 Å². The van der Waals surface area contributed by atoms with Gasteiger partial charge in [-0.15, -0.1) is 0 Å². The third-order valence-electron chi connectivity index (χ3n) is 4.97. The normalized spacial score (nSPS) is 10.8. The molecule has 3 N–H and O–H groups in total. The number of nitrogen functional groups attached to an aromatic ring is 1. The van der Waals surface area contributed by atoms with Gasteiger partial charge >= 0.3 is 0 Å². The Kier molecular flexibility index (Phi) is 6.50. The second kappa shape index (κ2) is 9.24. The van der Waals surface area contributed by atoms with E-state index in [1.807, 2.05) is 31.2 Å². The second-order valence-electron chi connectivity index (χ2n) is 7.05. The molecule has 2 aromatic carbocycles. The summed E-state index contributed by atoms with van der Waals surface area (Å²) in [6.45, 7) is 6.24. The SMILES string of the molecule is CCC(CC)c1cccc(Oc2ccc(NC(=O)c3ccc(C)nc3N)cc2)c1. The number of carbonyl (C=O) groups is 1. The molecule has 0 fully saturated rings. The van der Waals surface area contributed by atoms with Gasteiger partial charge in [0.25, 0.3) is 5.91 Å². The van der Waals surface area contributed by atoms with Crippen molar-refractivity contribution in [2.75, 3.05) is 11.1 Å². The lowest BCUT2D eigenvalue weighted by Crippen LogP contribution is -2.15. The van der Waals surface area contributed by atoms with Crippen LogP contribution in [0.25, 0.3) is 0 Å². The summed E-state index contributed by atoms with van der Waals surface area (Å²) >= 11 is 0. The lowest BCUT2D eigenvalue weighted by atomic mass is 9.94. The molecule has 5 nitrogen and oxygen atoms in total. The average Bonchev–Trinajstić information content (AvgIpc) is 2.71. The number of amides is 1. The Labute approximate surface area is 171 Å². The Morgan fingerprint density at radius 2 is 1.76 bits per heavy atom. The van der Waals surface area contributed by atoms with Gasteiger partial charge in [0.1, 0.15) is 17.3 Å². The highest BCUT2D eigenvalue weighted by molar-refractivity contribution is 6.07. The first-order valence-electron chi connectivity index (χ1n) is 9.92. The van der Waals surface area contributed by atoms with Crippen molar-refractivity contribution >= 4 is 17.4 Å². The monoisotopic (exact) mass is 389 g/mol. The summed E-state index contributed by atoms with van der Waals surface area (Å²) in [5.41, 5.74) is 8.93. The van der Waals surface area contributed by atoms with Crippen molar-refractivity contribution in [3.05, 3.63) is 77.5 Å². The summed E-state index contributed by atoms with van der Waals surface area (Å²) in [5, 5.41) is 2.83. The zero-order chi connectivity index (χ0) is 20.8. The number of anilines is 2. The number of benzene rings is 2. The van der Waals surface area contributed by atoms with Gasteiger partial charge in [0, 0.05) is 11.4 Å². The second-order valence-corrected chi connectivity index (χ2v) is 7.05. The minimum Gasteiger partial charge on any atom is -0.457 e. The van der Waals surface area contributed by atoms with Crippen molar-refractivity contribution in [2.24, 2.45) is 0 Å². The zero-order valence-electron chi connectivity index (χ0n) is 17.1. The van der Waals surface area contributed by atoms with E-state index in [0.717, 1.165) is 24.3 Å². The molecule has 0 saturated carbocycles. The van der Waals surface area contributed by atoms with Gasteiger partial charge in [-0.05, 0) is 79.8 Å². The Morgan fingerprint density at radius 3 is 2.41 bits per heavy atom. The maximum Gasteiger partial charge on any atom is 0.259 e. The lowest BCUT2D eigenvalue weighted by Gasteiger charge is -2.14. The maximum atomic E-state index is 12.4. The predicted octanol–water partition coefficient (Wildman–Crippen LogP) is 5.92. The number of nitrogens with zero attached hydrogens (tertiary/aromatic N) is 1. The number of pyridine rings is 1. The number of ether oxygens (including phenoxy) is 1. The van der Waals surface area contributed by atoms with Crippen molar-refractivity contribution in [3.63, 3.8) is 0 Å². The third-order valence-corrected chi connectivity index (χ3v) is 4.97. The minimum atomic E-state index is -0.290. The molecule has 0 atom stereocenters. The standard InChI is InChI=1S/C24H27N3O2/c1-4-17(5-2)18-7-6-8-21(15-18)29-20-12-10-19(11-13-20)27-24(28)22-14-9-16(3)26-23(22)25/h6-15,17H,4-5H2,1-3H3,(H2,25,26)(H,27,28). The summed E-state index contributed by atoms with van der Waals surface area (Å²) in [4.78, 5) is 16.5. The Morgan fingerprint density at radius 1 is 1.03 bits per heavy atom. The number of hydrogen-bond acceptors (Lipinski definition) is 4. The molecule has 1 aromatic heterocycles. The summed E-state index contributed by atoms with van der Waals surface area (Å²) < 4.78 is 5.99. The number of rotatable bonds is 7. The number of carbonyl (C=O) groups excluding carboxylic acids is 1. The highest BCUT2D eigenvalue weighted by atomic mass is 16.5. The predicted molar refractivity (Wildman–Crippen MR) is 118 cm³/mol. The van der Waals surface area contributed by atoms with E-state index in [1.54, 1.807) is 24.3 Å². The van der Waals surface area contributed by atoms with Crippen LogP contribution in [0.3, 0.4) is 0 Å². The molecule has 3 aromatic rings. The van der Waals surface area contributed by atoms with E-state index < -0.39 is 0 Å². The molecule has 0 aliphatic rings. The lowest BCUT2D eigenvalue weighted by molar-refractivity contribution is 0.102. The van der Waals surface area contributed by atoms with Gasteiger partial charge in [-0.2, -0.15) is 0 Å². The molecule has 0 saturated heterocycles. The van der Waals surface area contributed by atoms with Crippen LogP contribution in [0.2, 0.25) is 0 Å². The molecule has 0 aliphatic heterocycles. The van der Waals surface area contributed by atoms with Crippen molar-refractivity contribution in [3.8, 4) is 11.5 Å². The summed E-state index contributed by atoms with van der Waals surface area (Å²) in [6, 6.07) is 18.9. The van der Waals surface area contributed by atoms with Gasteiger partial charge < -0.3 is 15.8 Å². The summed E-state index contributed by atoms with van der Waals surface area (Å²) in [6.07, 6.45) is 2.21. The molecule has 3 rings (SSSR count). The Hall–Kier alpha value is -3.34. The molecule has 150 valence electrons. The quantitative estimate of drug-likeness (QED) is 0.526. The van der Waals surface area contributed by atoms with E-state index in [-0.39, 0.29) is 11.7 Å². The van der Waals surface area contributed by atoms with Gasteiger partial charge in [0.05, 0.1) is 5.56 Å². The number of aryl methyl sites for hydroxylation is 1. The molecule has 5 heteroatoms. The Balaban J connectivity index is 1.67. The first-order valence-corrected chi connectivity index (χ1v) is 9.92. The molecule has 1 heterocycles. The number of nitrogens with one attached hydrogen (secondary N) is 1. The van der Waals surface area contributed by atoms with Gasteiger partial charge in [-0.1, -0.05) is 26.0 Å². The number of aromatic nitrogens is 1. The van der Waals surface area contributed by atoms with Crippen molar-refractivity contribution < 1.29 is 9.53 Å². The fourth-order valence-corrected chi connectivity index (χ4v) is 3.30. The molecule has 29 heavy (non-hydrogen) atoms. The topological polar surface area (TPSA) is 77.2 Å². The zero-order valence-corrected chi connectivity index (χ0v) is 17.1. The minimum absolute atomic E-state index is 0.222. The van der Waals surface area contributed by atoms with Crippen molar-refractivity contribution in [1.29, 1.82) is 0 Å². The van der Waals surface area contributed by atoms with Crippen LogP contribution in [0.4, 0.5) is 11.5 Å². The van der Waals surface area contributed by atoms with Crippen LogP contribution in [-0.4, -0.2) is 10.9 Å². The molecule has 0 unspecified atom stereocenters. The van der Waals surface area contributed by atoms with E-state index in [9.17, 15) is 4.79 Å². The first-order chi connectivity index (χ1) is 14.0. The largest absolute Gasteiger partial charge is 0.457 e. The first kappa shape index (κ1) is 20.4. The van der Waals surface area contributed by atoms with Gasteiger partial charge in [-0.25, -0.2) is 4.98 Å². The van der Waals surface area contributed by atoms with Crippen molar-refractivity contribution in [1.82, 2.24) is 4.98 Å². The highest BCUT2D eigenvalue weighted by Crippen LogP contribution is 2.29. The van der Waals surface area contributed by atoms with E-state index in [2.05, 4.69) is 36.3 Å². The third kappa shape index (κ3) is 5.13. The molecule has 0 aliphatic carbocycles. The van der Waals surface area contributed by atoms with Crippen LogP contribution >= 0.6 is 0 Å². The average molecular weight is 389 g/mol. The molecular weight excluding hydrogens is 362 g/mol. The van der Waals surface area contributed by atoms with E-state index in [4.69, 9.17) is 10.5 Å². The van der Waals surface area contributed by atoms with E-state index in [1.165, 1.54) is 5.56 Å². The van der Waals surface area contributed by atoms with Crippen LogP contribution in [0.5, 0.6) is 11.5 Å². The van der Waals surface area contributed by atoms with Crippen LogP contribution in [-0.2, 0) is 0 Å². The fourth-order valence-electron chi connectivity index (χ4n) is 3.30. The fraction of sp³-hybridized carbons (Fsp3) is 0.250. The molecule has 0 radical (unpaired) electrons. The Bertz CT molecular complexity index is 980.